The van der Waals surface area contributed by atoms with Gasteiger partial charge in [-0.15, -0.1) is 0 Å². The van der Waals surface area contributed by atoms with E-state index in [2.05, 4.69) is 10.3 Å². The van der Waals surface area contributed by atoms with Crippen molar-refractivity contribution in [3.63, 3.8) is 0 Å². The predicted octanol–water partition coefficient (Wildman–Crippen LogP) is 1.62. The Bertz CT molecular complexity index is 720. The Kier molecular flexibility index (Phi) is 10.7. The zero-order valence-electron chi connectivity index (χ0n) is 13.8. The first-order valence-corrected chi connectivity index (χ1v) is 7.25. The first kappa shape index (κ1) is 23.4. The zero-order valence-corrected chi connectivity index (χ0v) is 16.1. The molecule has 0 saturated heterocycles. The van der Waals surface area contributed by atoms with Crippen LogP contribution in [0.15, 0.2) is 42.6 Å². The molecule has 0 saturated carbocycles. The molecule has 0 radical (unpaired) electrons. The monoisotopic (exact) mass is 541 g/mol. The van der Waals surface area contributed by atoms with E-state index in [4.69, 9.17) is 15.3 Å². The second kappa shape index (κ2) is 11.9. The molecule has 2 aromatic rings. The standard InChI is InChI=1S/C9H6O6.C8H12N2.Pt/c10-7(11)4-2-1-3-5(8(12)13)6(4)9(14)15;1-9-7-5-8-4-2-3-6-10-8;/h1-3H,(H,10,11)(H,12,13)(H,14,15);2-4,6,9H,5,7H2,1H3;/q;;+2. The Balaban J connectivity index is 0.000000497. The number of nitrogens with zero attached hydrogens (tertiary/aromatic N) is 1. The van der Waals surface area contributed by atoms with Gasteiger partial charge >= 0.3 is 39.0 Å². The number of aromatic carboxylic acids is 3. The number of benzene rings is 1. The number of hydrogen-bond donors (Lipinski definition) is 4. The summed E-state index contributed by atoms with van der Waals surface area (Å²) in [6.07, 6.45) is 2.84. The number of nitrogens with one attached hydrogen (secondary N) is 1. The summed E-state index contributed by atoms with van der Waals surface area (Å²) in [5.41, 5.74) is -0.640. The van der Waals surface area contributed by atoms with Crippen LogP contribution in [0.5, 0.6) is 0 Å². The van der Waals surface area contributed by atoms with Gasteiger partial charge in [-0.05, 0) is 31.3 Å². The minimum Gasteiger partial charge on any atom is -0.478 e. The van der Waals surface area contributed by atoms with Crippen LogP contribution in [0.4, 0.5) is 0 Å². The molecule has 8 nitrogen and oxygen atoms in total. The van der Waals surface area contributed by atoms with E-state index in [0.717, 1.165) is 30.8 Å². The number of carbonyl (C=O) groups is 3. The van der Waals surface area contributed by atoms with E-state index >= 15 is 0 Å². The summed E-state index contributed by atoms with van der Waals surface area (Å²) in [6, 6.07) is 9.24. The van der Waals surface area contributed by atoms with Gasteiger partial charge in [0.2, 0.25) is 0 Å². The van der Waals surface area contributed by atoms with E-state index in [1.165, 1.54) is 6.07 Å². The van der Waals surface area contributed by atoms with Gasteiger partial charge in [-0.2, -0.15) is 0 Å². The Morgan fingerprint density at radius 2 is 1.50 bits per heavy atom. The number of carboxylic acids is 3. The molecule has 4 N–H and O–H groups in total. The van der Waals surface area contributed by atoms with Crippen molar-refractivity contribution in [2.24, 2.45) is 0 Å². The van der Waals surface area contributed by atoms with Gasteiger partial charge < -0.3 is 20.6 Å². The molecule has 1 heterocycles. The number of carboxylic acid groups (broad SMARTS) is 3. The fraction of sp³-hybridized carbons (Fsp3) is 0.176. The fourth-order valence-electron chi connectivity index (χ4n) is 1.94. The maximum Gasteiger partial charge on any atom is 2.00 e. The van der Waals surface area contributed by atoms with Gasteiger partial charge in [0, 0.05) is 24.9 Å². The van der Waals surface area contributed by atoms with Gasteiger partial charge in [0.15, 0.2) is 0 Å². The topological polar surface area (TPSA) is 137 Å². The first-order chi connectivity index (χ1) is 11.9. The van der Waals surface area contributed by atoms with Crippen LogP contribution in [0, 0.1) is 0 Å². The van der Waals surface area contributed by atoms with Crippen molar-refractivity contribution in [2.45, 2.75) is 6.42 Å². The second-order valence-electron chi connectivity index (χ2n) is 4.82. The van der Waals surface area contributed by atoms with Gasteiger partial charge in [-0.3, -0.25) is 4.98 Å². The molecule has 0 amide bonds. The normalized spacial score (nSPS) is 9.27. The summed E-state index contributed by atoms with van der Waals surface area (Å²) in [4.78, 5) is 36.2. The van der Waals surface area contributed by atoms with Crippen LogP contribution in [0.1, 0.15) is 36.8 Å². The van der Waals surface area contributed by atoms with Crippen molar-refractivity contribution in [3.8, 4) is 0 Å². The molecule has 9 heteroatoms. The van der Waals surface area contributed by atoms with Crippen LogP contribution < -0.4 is 5.32 Å². The summed E-state index contributed by atoms with van der Waals surface area (Å²) in [5.74, 6) is -4.53. The molecule has 140 valence electrons. The maximum absolute atomic E-state index is 10.7. The van der Waals surface area contributed by atoms with Gasteiger partial charge in [-0.25, -0.2) is 14.4 Å². The molecule has 0 aliphatic heterocycles. The van der Waals surface area contributed by atoms with Crippen LogP contribution in [-0.2, 0) is 27.5 Å². The SMILES string of the molecule is CNCCc1ccccn1.O=C(O)c1cccc(C(=O)O)c1C(=O)O.[Pt+2]. The quantitative estimate of drug-likeness (QED) is 0.433. The fourth-order valence-corrected chi connectivity index (χ4v) is 1.94. The van der Waals surface area contributed by atoms with Crippen molar-refractivity contribution >= 4 is 17.9 Å². The van der Waals surface area contributed by atoms with Crippen LogP contribution in [-0.4, -0.2) is 51.8 Å². The largest absolute Gasteiger partial charge is 2.00 e. The molecule has 1 aromatic carbocycles. The van der Waals surface area contributed by atoms with Gasteiger partial charge in [0.1, 0.15) is 0 Å². The van der Waals surface area contributed by atoms with Crippen LogP contribution >= 0.6 is 0 Å². The number of rotatable bonds is 6. The van der Waals surface area contributed by atoms with E-state index in [0.29, 0.717) is 0 Å². The van der Waals surface area contributed by atoms with Gasteiger partial charge in [0.05, 0.1) is 16.7 Å². The van der Waals surface area contributed by atoms with Crippen LogP contribution in [0.25, 0.3) is 0 Å². The second-order valence-corrected chi connectivity index (χ2v) is 4.82. The molecule has 2 rings (SSSR count). The van der Waals surface area contributed by atoms with E-state index in [1.807, 2.05) is 31.4 Å². The average molecular weight is 541 g/mol. The third kappa shape index (κ3) is 7.12. The molecule has 26 heavy (non-hydrogen) atoms. The minimum absolute atomic E-state index is 0. The van der Waals surface area contributed by atoms with E-state index in [1.54, 1.807) is 0 Å². The summed E-state index contributed by atoms with van der Waals surface area (Å²) in [5, 5.41) is 29.1. The maximum atomic E-state index is 10.7. The summed E-state index contributed by atoms with van der Waals surface area (Å²) in [7, 11) is 1.95. The van der Waals surface area contributed by atoms with Crippen molar-refractivity contribution in [1.82, 2.24) is 10.3 Å². The summed E-state index contributed by atoms with van der Waals surface area (Å²) in [6.45, 7) is 0.997. The summed E-state index contributed by atoms with van der Waals surface area (Å²) < 4.78 is 0. The van der Waals surface area contributed by atoms with E-state index < -0.39 is 34.6 Å². The molecular weight excluding hydrogens is 523 g/mol. The Hall–Kier alpha value is -2.57. The molecule has 0 aliphatic carbocycles. The molecular formula is C17H18N2O6Pt+2. The van der Waals surface area contributed by atoms with Gasteiger partial charge in [0.25, 0.3) is 0 Å². The van der Waals surface area contributed by atoms with Gasteiger partial charge in [-0.1, -0.05) is 12.1 Å². The number of hydrogen-bond acceptors (Lipinski definition) is 5. The molecule has 0 fully saturated rings. The Morgan fingerprint density at radius 1 is 0.923 bits per heavy atom. The van der Waals surface area contributed by atoms with Crippen molar-refractivity contribution in [3.05, 3.63) is 65.0 Å². The number of aromatic nitrogens is 1. The Labute approximate surface area is 164 Å². The molecule has 0 spiro atoms. The van der Waals surface area contributed by atoms with E-state index in [-0.39, 0.29) is 21.1 Å². The third-order valence-electron chi connectivity index (χ3n) is 3.10. The Morgan fingerprint density at radius 3 is 1.88 bits per heavy atom. The summed E-state index contributed by atoms with van der Waals surface area (Å²) >= 11 is 0. The van der Waals surface area contributed by atoms with Crippen molar-refractivity contribution in [2.75, 3.05) is 13.6 Å². The minimum atomic E-state index is -1.58. The number of likely N-dealkylation sites (N-methyl/N-ethyl adjacent to an activating group) is 1. The molecule has 0 unspecified atom stereocenters. The smallest absolute Gasteiger partial charge is 0.478 e. The molecule has 0 bridgehead atoms. The van der Waals surface area contributed by atoms with Crippen molar-refractivity contribution in [1.29, 1.82) is 0 Å². The zero-order chi connectivity index (χ0) is 18.8. The molecule has 0 atom stereocenters. The van der Waals surface area contributed by atoms with Crippen LogP contribution in [0.2, 0.25) is 0 Å². The first-order valence-electron chi connectivity index (χ1n) is 7.25. The van der Waals surface area contributed by atoms with E-state index in [9.17, 15) is 14.4 Å². The molecule has 0 aliphatic rings. The van der Waals surface area contributed by atoms with Crippen LogP contribution in [0.3, 0.4) is 0 Å². The molecule has 1 aromatic heterocycles. The predicted molar refractivity (Wildman–Crippen MR) is 89.2 cm³/mol. The third-order valence-corrected chi connectivity index (χ3v) is 3.10. The van der Waals surface area contributed by atoms with Crippen molar-refractivity contribution < 1.29 is 50.8 Å². The number of pyridine rings is 1. The average Bonchev–Trinajstić information content (AvgIpc) is 2.60.